The molecule has 1 saturated heterocycles. The Hall–Kier alpha value is -1.32. The largest absolute Gasteiger partial charge is 0.492 e. The second kappa shape index (κ2) is 11.0. The van der Waals surface area contributed by atoms with Crippen LogP contribution in [0.25, 0.3) is 0 Å². The summed E-state index contributed by atoms with van der Waals surface area (Å²) < 4.78 is 5.73. The summed E-state index contributed by atoms with van der Waals surface area (Å²) in [5.74, 6) is 0.815. The summed E-state index contributed by atoms with van der Waals surface area (Å²) in [6.07, 6.45) is -3.03. The maximum atomic E-state index is 10.5. The lowest BCUT2D eigenvalue weighted by molar-refractivity contribution is -0.0700. The molecule has 170 valence electrons. The van der Waals surface area contributed by atoms with Crippen LogP contribution in [0.3, 0.4) is 0 Å². The Balaban J connectivity index is 1.72. The van der Waals surface area contributed by atoms with Crippen molar-refractivity contribution in [2.75, 3.05) is 33.9 Å². The van der Waals surface area contributed by atoms with Crippen LogP contribution in [-0.2, 0) is 6.42 Å². The molecule has 4 N–H and O–H groups in total. The number of hydrogen-bond donors (Lipinski definition) is 4. The lowest BCUT2D eigenvalue weighted by Gasteiger charge is -2.39. The summed E-state index contributed by atoms with van der Waals surface area (Å²) in [5.41, 5.74) is 2.76. The highest BCUT2D eigenvalue weighted by Crippen LogP contribution is 2.43. The van der Waals surface area contributed by atoms with Crippen LogP contribution in [0, 0.1) is 0 Å². The van der Waals surface area contributed by atoms with Crippen molar-refractivity contribution in [1.29, 1.82) is 0 Å². The fraction of sp³-hybridized carbons (Fsp3) is 0.478. The molecule has 0 amide bonds. The zero-order valence-corrected chi connectivity index (χ0v) is 19.3. The smallest absolute Gasteiger partial charge is 0.119 e. The fourth-order valence-corrected chi connectivity index (χ4v) is 5.15. The van der Waals surface area contributed by atoms with E-state index in [0.29, 0.717) is 18.1 Å². The molecular formula is C23H30ClNO5S. The second-order valence-corrected chi connectivity index (χ2v) is 9.87. The van der Waals surface area contributed by atoms with Gasteiger partial charge in [-0.05, 0) is 55.4 Å². The molecular weight excluding hydrogens is 438 g/mol. The maximum absolute atomic E-state index is 10.5. The number of hydrogen-bond acceptors (Lipinski definition) is 7. The van der Waals surface area contributed by atoms with E-state index in [1.807, 2.05) is 50.5 Å². The monoisotopic (exact) mass is 467 g/mol. The van der Waals surface area contributed by atoms with Crippen molar-refractivity contribution in [2.45, 2.75) is 35.2 Å². The fourth-order valence-electron chi connectivity index (χ4n) is 3.55. The summed E-state index contributed by atoms with van der Waals surface area (Å²) in [5, 5.41) is 39.8. The van der Waals surface area contributed by atoms with Gasteiger partial charge in [0, 0.05) is 11.6 Å². The Morgan fingerprint density at radius 2 is 1.71 bits per heavy atom. The number of halogens is 1. The number of likely N-dealkylation sites (N-methyl/N-ethyl adjacent to an activating group) is 1. The molecule has 1 aliphatic heterocycles. The van der Waals surface area contributed by atoms with E-state index < -0.39 is 28.8 Å². The molecule has 0 spiro atoms. The van der Waals surface area contributed by atoms with Crippen LogP contribution in [0.4, 0.5) is 0 Å². The molecule has 1 fully saturated rings. The van der Waals surface area contributed by atoms with Crippen molar-refractivity contribution >= 4 is 23.4 Å². The van der Waals surface area contributed by atoms with Gasteiger partial charge in [-0.15, -0.1) is 11.8 Å². The Bertz CT molecular complexity index is 848. The molecule has 0 aromatic heterocycles. The summed E-state index contributed by atoms with van der Waals surface area (Å²) in [6, 6.07) is 13.4. The number of nitrogens with zero attached hydrogens (tertiary/aromatic N) is 1. The third-order valence-corrected chi connectivity index (χ3v) is 7.41. The molecule has 0 aliphatic carbocycles. The molecule has 0 bridgehead atoms. The second-order valence-electron chi connectivity index (χ2n) is 8.07. The molecule has 1 aliphatic rings. The quantitative estimate of drug-likeness (QED) is 0.472. The summed E-state index contributed by atoms with van der Waals surface area (Å²) in [4.78, 5) is 2.06. The number of rotatable bonds is 8. The van der Waals surface area contributed by atoms with Gasteiger partial charge in [-0.3, -0.25) is 0 Å². The van der Waals surface area contributed by atoms with Crippen LogP contribution in [0.1, 0.15) is 21.9 Å². The Kier molecular flexibility index (Phi) is 8.64. The Labute approximate surface area is 192 Å². The van der Waals surface area contributed by atoms with E-state index in [9.17, 15) is 20.4 Å². The molecule has 2 aromatic carbocycles. The first-order valence-corrected chi connectivity index (χ1v) is 11.6. The van der Waals surface area contributed by atoms with Crippen LogP contribution in [0.15, 0.2) is 42.5 Å². The van der Waals surface area contributed by atoms with E-state index >= 15 is 0 Å². The first-order chi connectivity index (χ1) is 14.8. The first kappa shape index (κ1) is 24.3. The first-order valence-electron chi connectivity index (χ1n) is 10.3. The highest BCUT2D eigenvalue weighted by molar-refractivity contribution is 8.00. The van der Waals surface area contributed by atoms with E-state index in [0.717, 1.165) is 29.0 Å². The van der Waals surface area contributed by atoms with Gasteiger partial charge in [0.1, 0.15) is 18.5 Å². The molecule has 31 heavy (non-hydrogen) atoms. The third-order valence-electron chi connectivity index (χ3n) is 5.42. The molecule has 6 nitrogen and oxygen atoms in total. The third kappa shape index (κ3) is 6.14. The van der Waals surface area contributed by atoms with Gasteiger partial charge in [0.2, 0.25) is 0 Å². The summed E-state index contributed by atoms with van der Waals surface area (Å²) in [6.45, 7) is 1.19. The minimum Gasteiger partial charge on any atom is -0.492 e. The van der Waals surface area contributed by atoms with Gasteiger partial charge in [0.05, 0.1) is 29.3 Å². The van der Waals surface area contributed by atoms with Crippen molar-refractivity contribution in [1.82, 2.24) is 4.90 Å². The van der Waals surface area contributed by atoms with E-state index in [1.165, 1.54) is 11.8 Å². The van der Waals surface area contributed by atoms with Crippen molar-refractivity contribution in [3.63, 3.8) is 0 Å². The summed E-state index contributed by atoms with van der Waals surface area (Å²) >= 11 is 7.69. The normalized spacial score (nSPS) is 26.3. The van der Waals surface area contributed by atoms with E-state index in [4.69, 9.17) is 16.3 Å². The molecule has 5 atom stereocenters. The highest BCUT2D eigenvalue weighted by atomic mass is 35.5. The maximum Gasteiger partial charge on any atom is 0.119 e. The van der Waals surface area contributed by atoms with Gasteiger partial charge < -0.3 is 30.1 Å². The molecule has 0 radical (unpaired) electrons. The van der Waals surface area contributed by atoms with Crippen LogP contribution >= 0.6 is 23.4 Å². The molecule has 8 heteroatoms. The van der Waals surface area contributed by atoms with Gasteiger partial charge in [0.15, 0.2) is 0 Å². The average Bonchev–Trinajstić information content (AvgIpc) is 2.75. The minimum absolute atomic E-state index is 0.282. The highest BCUT2D eigenvalue weighted by Gasteiger charge is 2.43. The zero-order valence-electron chi connectivity index (χ0n) is 17.7. The number of ether oxygens (including phenoxy) is 1. The SMILES string of the molecule is CN(C)CCOc1ccc(Cc2cc([C@@H]3S[C@H](CO)[C@@H](O)[C@H](O)[C@H]3O)ccc2Cl)cc1. The van der Waals surface area contributed by atoms with Crippen molar-refractivity contribution < 1.29 is 25.2 Å². The molecule has 0 saturated carbocycles. The Morgan fingerprint density at radius 1 is 1.00 bits per heavy atom. The Morgan fingerprint density at radius 3 is 2.35 bits per heavy atom. The topological polar surface area (TPSA) is 93.4 Å². The van der Waals surface area contributed by atoms with Gasteiger partial charge in [-0.1, -0.05) is 35.9 Å². The minimum atomic E-state index is -1.32. The standard InChI is InChI=1S/C23H30ClNO5S/c1-25(2)9-10-30-17-6-3-14(4-7-17)11-16-12-15(5-8-18(16)24)23-22(29)21(28)20(27)19(13-26)31-23/h3-8,12,19-23,26-29H,9-11,13H2,1-2H3/t19-,20-,21+,22-,23+/m1/s1. The zero-order chi connectivity index (χ0) is 22.5. The molecule has 3 rings (SSSR count). The van der Waals surface area contributed by atoms with Crippen LogP contribution in [0.2, 0.25) is 5.02 Å². The molecule has 1 heterocycles. The molecule has 2 aromatic rings. The van der Waals surface area contributed by atoms with Gasteiger partial charge in [-0.25, -0.2) is 0 Å². The van der Waals surface area contributed by atoms with E-state index in [2.05, 4.69) is 4.90 Å². The van der Waals surface area contributed by atoms with Crippen LogP contribution in [-0.4, -0.2) is 82.7 Å². The summed E-state index contributed by atoms with van der Waals surface area (Å²) in [7, 11) is 4.00. The number of aliphatic hydroxyl groups excluding tert-OH is 4. The molecule has 0 unspecified atom stereocenters. The predicted molar refractivity (Wildman–Crippen MR) is 124 cm³/mol. The van der Waals surface area contributed by atoms with Crippen molar-refractivity contribution in [3.05, 3.63) is 64.2 Å². The van der Waals surface area contributed by atoms with Crippen molar-refractivity contribution in [2.24, 2.45) is 0 Å². The van der Waals surface area contributed by atoms with E-state index in [1.54, 1.807) is 6.07 Å². The predicted octanol–water partition coefficient (Wildman–Crippen LogP) is 2.10. The number of benzene rings is 2. The van der Waals surface area contributed by atoms with E-state index in [-0.39, 0.29) is 6.61 Å². The van der Waals surface area contributed by atoms with Crippen LogP contribution in [0.5, 0.6) is 5.75 Å². The van der Waals surface area contributed by atoms with Crippen molar-refractivity contribution in [3.8, 4) is 5.75 Å². The number of aliphatic hydroxyl groups is 4. The van der Waals surface area contributed by atoms with Gasteiger partial charge >= 0.3 is 0 Å². The lowest BCUT2D eigenvalue weighted by atomic mass is 9.95. The lowest BCUT2D eigenvalue weighted by Crippen LogP contribution is -2.51. The van der Waals surface area contributed by atoms with Gasteiger partial charge in [0.25, 0.3) is 0 Å². The van der Waals surface area contributed by atoms with Gasteiger partial charge in [-0.2, -0.15) is 0 Å². The number of thioether (sulfide) groups is 1. The average molecular weight is 468 g/mol. The van der Waals surface area contributed by atoms with Crippen LogP contribution < -0.4 is 4.74 Å².